The first-order valence-electron chi connectivity index (χ1n) is 10.7. The van der Waals surface area contributed by atoms with E-state index in [4.69, 9.17) is 9.15 Å². The minimum Gasteiger partial charge on any atom is -0.459 e. The number of anilines is 2. The van der Waals surface area contributed by atoms with Gasteiger partial charge in [0, 0.05) is 51.2 Å². The van der Waals surface area contributed by atoms with Crippen LogP contribution in [0, 0.1) is 0 Å². The zero-order valence-corrected chi connectivity index (χ0v) is 18.7. The van der Waals surface area contributed by atoms with E-state index in [9.17, 15) is 9.59 Å². The number of rotatable bonds is 8. The van der Waals surface area contributed by atoms with Crippen LogP contribution < -0.4 is 15.5 Å². The maximum absolute atomic E-state index is 12.9. The molecule has 0 radical (unpaired) electrons. The van der Waals surface area contributed by atoms with Crippen molar-refractivity contribution in [1.29, 1.82) is 0 Å². The number of nitrogens with zero attached hydrogens (tertiary/aromatic N) is 2. The van der Waals surface area contributed by atoms with E-state index in [1.165, 1.54) is 6.26 Å². The maximum atomic E-state index is 12.9. The van der Waals surface area contributed by atoms with Crippen LogP contribution in [0.1, 0.15) is 42.8 Å². The average Bonchev–Trinajstić information content (AvgIpc) is 3.41. The maximum Gasteiger partial charge on any atom is 0.317 e. The first-order valence-corrected chi connectivity index (χ1v) is 10.7. The number of hydrogen-bond acceptors (Lipinski definition) is 5. The fourth-order valence-corrected chi connectivity index (χ4v) is 3.62. The van der Waals surface area contributed by atoms with Crippen molar-refractivity contribution in [1.82, 2.24) is 10.2 Å². The highest BCUT2D eigenvalue weighted by molar-refractivity contribution is 6.02. The molecular weight excluding hydrogens is 396 g/mol. The quantitative estimate of drug-likeness (QED) is 0.670. The number of urea groups is 1. The smallest absolute Gasteiger partial charge is 0.317 e. The lowest BCUT2D eigenvalue weighted by atomic mass is 10.1. The monoisotopic (exact) mass is 428 g/mol. The highest BCUT2D eigenvalue weighted by Gasteiger charge is 2.24. The molecule has 168 valence electrons. The highest BCUT2D eigenvalue weighted by Crippen LogP contribution is 2.26. The largest absolute Gasteiger partial charge is 0.459 e. The number of hydrogen-bond donors (Lipinski definition) is 2. The van der Waals surface area contributed by atoms with Gasteiger partial charge in [-0.15, -0.1) is 0 Å². The zero-order chi connectivity index (χ0) is 22.4. The Balaban J connectivity index is 1.83. The van der Waals surface area contributed by atoms with Crippen LogP contribution in [0.25, 0.3) is 0 Å². The molecule has 1 aromatic carbocycles. The molecule has 1 fully saturated rings. The van der Waals surface area contributed by atoms with Crippen molar-refractivity contribution in [3.05, 3.63) is 47.9 Å². The lowest BCUT2D eigenvalue weighted by Crippen LogP contribution is -2.45. The van der Waals surface area contributed by atoms with Gasteiger partial charge in [-0.05, 0) is 62.6 Å². The summed E-state index contributed by atoms with van der Waals surface area (Å²) in [5, 5.41) is 5.85. The van der Waals surface area contributed by atoms with Gasteiger partial charge in [0.05, 0.1) is 12.4 Å². The van der Waals surface area contributed by atoms with Gasteiger partial charge in [-0.25, -0.2) is 4.79 Å². The topological polar surface area (TPSA) is 87.1 Å². The second kappa shape index (κ2) is 10.3. The summed E-state index contributed by atoms with van der Waals surface area (Å²) in [7, 11) is 3.91. The van der Waals surface area contributed by atoms with Crippen molar-refractivity contribution < 1.29 is 18.7 Å². The standard InChI is InChI=1S/C23H32N4O4/c1-16(2)24-23(29)27(15-19-7-5-11-30-19)14-17-13-18(9-10-20(17)26(3)4)25-22(28)21-8-6-12-31-21/h6,8-10,12-13,16,19H,5,7,11,14-15H2,1-4H3,(H,24,29)(H,25,28). The van der Waals surface area contributed by atoms with E-state index in [0.29, 0.717) is 18.8 Å². The third kappa shape index (κ3) is 6.24. The Kier molecular flexibility index (Phi) is 7.57. The van der Waals surface area contributed by atoms with Gasteiger partial charge in [-0.2, -0.15) is 0 Å². The summed E-state index contributed by atoms with van der Waals surface area (Å²) in [5.74, 6) is -0.0723. The number of carbonyl (C=O) groups is 2. The van der Waals surface area contributed by atoms with Gasteiger partial charge in [0.15, 0.2) is 5.76 Å². The second-order valence-corrected chi connectivity index (χ2v) is 8.29. The molecule has 2 aromatic rings. The molecule has 1 aliphatic heterocycles. The Morgan fingerprint density at radius 3 is 2.65 bits per heavy atom. The summed E-state index contributed by atoms with van der Waals surface area (Å²) in [4.78, 5) is 29.1. The molecule has 1 unspecified atom stereocenters. The first kappa shape index (κ1) is 22.7. The van der Waals surface area contributed by atoms with Crippen molar-refractivity contribution in [2.45, 2.75) is 45.4 Å². The van der Waals surface area contributed by atoms with Gasteiger partial charge >= 0.3 is 6.03 Å². The molecule has 1 aromatic heterocycles. The summed E-state index contributed by atoms with van der Waals surface area (Å²) < 4.78 is 10.9. The minimum absolute atomic E-state index is 0.0340. The molecule has 8 nitrogen and oxygen atoms in total. The van der Waals surface area contributed by atoms with Crippen LogP contribution in [-0.4, -0.2) is 56.2 Å². The van der Waals surface area contributed by atoms with Gasteiger partial charge in [-0.3, -0.25) is 4.79 Å². The molecule has 2 heterocycles. The molecule has 8 heteroatoms. The Hall–Kier alpha value is -3.00. The van der Waals surface area contributed by atoms with Crippen molar-refractivity contribution in [2.75, 3.05) is 37.5 Å². The Bertz CT molecular complexity index is 874. The molecule has 3 rings (SSSR count). The van der Waals surface area contributed by atoms with Crippen LogP contribution in [0.15, 0.2) is 41.0 Å². The van der Waals surface area contributed by atoms with E-state index in [0.717, 1.165) is 30.7 Å². The molecule has 2 N–H and O–H groups in total. The van der Waals surface area contributed by atoms with Crippen LogP contribution in [0.3, 0.4) is 0 Å². The van der Waals surface area contributed by atoms with Gasteiger partial charge in [-0.1, -0.05) is 0 Å². The third-order valence-corrected chi connectivity index (χ3v) is 5.07. The Labute approximate surface area is 183 Å². The zero-order valence-electron chi connectivity index (χ0n) is 18.7. The average molecular weight is 429 g/mol. The van der Waals surface area contributed by atoms with Crippen LogP contribution in [0.4, 0.5) is 16.2 Å². The number of carbonyl (C=O) groups excluding carboxylic acids is 2. The summed E-state index contributed by atoms with van der Waals surface area (Å²) >= 11 is 0. The molecular formula is C23H32N4O4. The van der Waals surface area contributed by atoms with Crippen LogP contribution in [0.5, 0.6) is 0 Å². The number of amides is 3. The van der Waals surface area contributed by atoms with Crippen molar-refractivity contribution >= 4 is 23.3 Å². The number of nitrogens with one attached hydrogen (secondary N) is 2. The molecule has 31 heavy (non-hydrogen) atoms. The lowest BCUT2D eigenvalue weighted by Gasteiger charge is -2.29. The SMILES string of the molecule is CC(C)NC(=O)N(Cc1cc(NC(=O)c2ccco2)ccc1N(C)C)CC1CCCO1. The van der Waals surface area contributed by atoms with E-state index < -0.39 is 0 Å². The van der Waals surface area contributed by atoms with Gasteiger partial charge in [0.1, 0.15) is 0 Å². The molecule has 1 saturated heterocycles. The van der Waals surface area contributed by atoms with Crippen molar-refractivity contribution in [3.63, 3.8) is 0 Å². The third-order valence-electron chi connectivity index (χ3n) is 5.07. The number of ether oxygens (including phenoxy) is 1. The minimum atomic E-state index is -0.317. The van der Waals surface area contributed by atoms with Gasteiger partial charge in [0.2, 0.25) is 0 Å². The molecule has 3 amide bonds. The Morgan fingerprint density at radius 2 is 2.03 bits per heavy atom. The van der Waals surface area contributed by atoms with Gasteiger partial charge < -0.3 is 29.6 Å². The normalized spacial score (nSPS) is 15.7. The number of furan rings is 1. The Morgan fingerprint density at radius 1 is 1.23 bits per heavy atom. The molecule has 0 saturated carbocycles. The van der Waals surface area contributed by atoms with E-state index in [1.54, 1.807) is 17.0 Å². The summed E-state index contributed by atoms with van der Waals surface area (Å²) in [6, 6.07) is 8.89. The predicted octanol–water partition coefficient (Wildman–Crippen LogP) is 3.70. The van der Waals surface area contributed by atoms with Crippen molar-refractivity contribution in [3.8, 4) is 0 Å². The van der Waals surface area contributed by atoms with Crippen LogP contribution in [-0.2, 0) is 11.3 Å². The summed E-state index contributed by atoms with van der Waals surface area (Å²) in [5.41, 5.74) is 2.55. The fraction of sp³-hybridized carbons (Fsp3) is 0.478. The van der Waals surface area contributed by atoms with E-state index >= 15 is 0 Å². The van der Waals surface area contributed by atoms with Crippen LogP contribution in [0.2, 0.25) is 0 Å². The van der Waals surface area contributed by atoms with Gasteiger partial charge in [0.25, 0.3) is 5.91 Å². The molecule has 0 aliphatic carbocycles. The van der Waals surface area contributed by atoms with Crippen LogP contribution >= 0.6 is 0 Å². The summed E-state index contributed by atoms with van der Waals surface area (Å²) in [6.45, 7) is 5.54. The molecule has 1 aliphatic rings. The molecule has 0 bridgehead atoms. The fourth-order valence-electron chi connectivity index (χ4n) is 3.62. The molecule has 1 atom stereocenters. The van der Waals surface area contributed by atoms with E-state index in [-0.39, 0.29) is 29.8 Å². The number of benzene rings is 1. The molecule has 0 spiro atoms. The van der Waals surface area contributed by atoms with Crippen molar-refractivity contribution in [2.24, 2.45) is 0 Å². The lowest BCUT2D eigenvalue weighted by molar-refractivity contribution is 0.0791. The predicted molar refractivity (Wildman–Crippen MR) is 120 cm³/mol. The van der Waals surface area contributed by atoms with E-state index in [2.05, 4.69) is 10.6 Å². The van der Waals surface area contributed by atoms with E-state index in [1.807, 2.05) is 51.0 Å². The first-order chi connectivity index (χ1) is 14.8. The highest BCUT2D eigenvalue weighted by atomic mass is 16.5. The second-order valence-electron chi connectivity index (χ2n) is 8.29. The summed E-state index contributed by atoms with van der Waals surface area (Å²) in [6.07, 6.45) is 3.47.